The molecule has 1 N–H and O–H groups in total. The number of amides is 1. The second-order valence-corrected chi connectivity index (χ2v) is 18.4. The Morgan fingerprint density at radius 1 is 0.774 bits per heavy atom. The molecule has 0 unspecified atom stereocenters. The van der Waals surface area contributed by atoms with Crippen LogP contribution in [0.25, 0.3) is 28.1 Å². The fourth-order valence-corrected chi connectivity index (χ4v) is 6.89. The smallest absolute Gasteiger partial charge is 0.412 e. The Hall–Kier alpha value is -4.06. The number of aromatic nitrogens is 2. The van der Waals surface area contributed by atoms with Crippen LogP contribution in [-0.4, -0.2) is 21.2 Å². The Labute approximate surface area is 327 Å². The molecule has 280 valence electrons. The first kappa shape index (κ1) is 40.1. The Bertz CT molecular complexity index is 1980. The van der Waals surface area contributed by atoms with E-state index in [4.69, 9.17) is 32.9 Å². The van der Waals surface area contributed by atoms with Crippen LogP contribution in [0.15, 0.2) is 97.2 Å². The second kappa shape index (κ2) is 16.5. The number of rotatable bonds is 11. The number of nitrogens with zero attached hydrogens (tertiary/aromatic N) is 2. The summed E-state index contributed by atoms with van der Waals surface area (Å²) in [7, 11) is 0. The van der Waals surface area contributed by atoms with E-state index in [1.807, 2.05) is 67.9 Å². The summed E-state index contributed by atoms with van der Waals surface area (Å²) in [6.45, 7) is 19.6. The van der Waals surface area contributed by atoms with Crippen LogP contribution in [-0.2, 0) is 11.2 Å². The molecule has 0 atom stereocenters. The highest BCUT2D eigenvalue weighted by molar-refractivity contribution is 6.36. The number of hydrogen-bond donors (Lipinski definition) is 1. The van der Waals surface area contributed by atoms with Gasteiger partial charge in [-0.05, 0) is 122 Å². The quantitative estimate of drug-likeness (QED) is 0.146. The van der Waals surface area contributed by atoms with Gasteiger partial charge in [-0.15, -0.1) is 0 Å². The Balaban J connectivity index is 1.39. The molecule has 7 heteroatoms. The molecule has 4 aromatic carbocycles. The van der Waals surface area contributed by atoms with E-state index in [0.29, 0.717) is 38.9 Å². The maximum absolute atomic E-state index is 12.6. The Morgan fingerprint density at radius 3 is 1.94 bits per heavy atom. The molecule has 1 heterocycles. The van der Waals surface area contributed by atoms with Crippen LogP contribution in [0.4, 0.5) is 10.5 Å². The lowest BCUT2D eigenvalue weighted by Gasteiger charge is -2.26. The van der Waals surface area contributed by atoms with Gasteiger partial charge in [0.1, 0.15) is 11.4 Å². The van der Waals surface area contributed by atoms with Gasteiger partial charge in [-0.25, -0.2) is 9.78 Å². The highest BCUT2D eigenvalue weighted by atomic mass is 35.5. The monoisotopic (exact) mass is 751 g/mol. The van der Waals surface area contributed by atoms with E-state index in [1.54, 1.807) is 6.07 Å². The van der Waals surface area contributed by atoms with Crippen molar-refractivity contribution < 1.29 is 9.53 Å². The first-order valence-corrected chi connectivity index (χ1v) is 19.4. The predicted molar refractivity (Wildman–Crippen MR) is 224 cm³/mol. The lowest BCUT2D eigenvalue weighted by molar-refractivity contribution is 0.0636. The maximum Gasteiger partial charge on any atom is 0.412 e. The normalized spacial score (nSPS) is 12.3. The first-order valence-electron chi connectivity index (χ1n) is 18.7. The van der Waals surface area contributed by atoms with E-state index in [0.717, 1.165) is 28.3 Å². The lowest BCUT2D eigenvalue weighted by Crippen LogP contribution is -2.27. The number of hydrogen-bond acceptors (Lipinski definition) is 3. The van der Waals surface area contributed by atoms with E-state index < -0.39 is 11.7 Å². The molecule has 0 aliphatic rings. The SMILES string of the molecule is CC(C)(C)CCC(CCC(C)(C)C)c1ccc(-c2ccc(Cc3nc(-c4ccc(Cl)cc4Cl)cn3-c3cccc(NC(=O)OC(C)(C)C)c3)cc2)cc1. The molecule has 0 saturated carbocycles. The van der Waals surface area contributed by atoms with Crippen LogP contribution in [0.1, 0.15) is 111 Å². The molecule has 0 aliphatic carbocycles. The molecule has 0 saturated heterocycles. The summed E-state index contributed by atoms with van der Waals surface area (Å²) in [5.41, 5.74) is 7.98. The van der Waals surface area contributed by atoms with Crippen LogP contribution in [0.2, 0.25) is 10.0 Å². The average Bonchev–Trinajstić information content (AvgIpc) is 3.47. The third kappa shape index (κ3) is 12.0. The summed E-state index contributed by atoms with van der Waals surface area (Å²) in [5.74, 6) is 1.39. The van der Waals surface area contributed by atoms with Gasteiger partial charge in [-0.2, -0.15) is 0 Å². The summed E-state index contributed by atoms with van der Waals surface area (Å²) < 4.78 is 7.52. The number of halogens is 2. The summed E-state index contributed by atoms with van der Waals surface area (Å²) in [6, 6.07) is 31.0. The van der Waals surface area contributed by atoms with Gasteiger partial charge in [0.25, 0.3) is 0 Å². The van der Waals surface area contributed by atoms with Crippen LogP contribution in [0.3, 0.4) is 0 Å². The van der Waals surface area contributed by atoms with Crippen LogP contribution in [0.5, 0.6) is 0 Å². The zero-order valence-corrected chi connectivity index (χ0v) is 34.3. The molecule has 5 nitrogen and oxygen atoms in total. The van der Waals surface area contributed by atoms with E-state index in [-0.39, 0.29) is 0 Å². The van der Waals surface area contributed by atoms with E-state index >= 15 is 0 Å². The Kier molecular flexibility index (Phi) is 12.5. The van der Waals surface area contributed by atoms with E-state index in [9.17, 15) is 4.79 Å². The number of carbonyl (C=O) groups is 1. The zero-order chi connectivity index (χ0) is 38.6. The topological polar surface area (TPSA) is 56.2 Å². The van der Waals surface area contributed by atoms with Crippen molar-refractivity contribution in [2.24, 2.45) is 10.8 Å². The van der Waals surface area contributed by atoms with Crippen molar-refractivity contribution in [1.82, 2.24) is 9.55 Å². The van der Waals surface area contributed by atoms with Crippen molar-refractivity contribution in [2.45, 2.75) is 106 Å². The maximum atomic E-state index is 12.6. The predicted octanol–water partition coefficient (Wildman–Crippen LogP) is 14.2. The van der Waals surface area contributed by atoms with Crippen molar-refractivity contribution in [3.8, 4) is 28.1 Å². The highest BCUT2D eigenvalue weighted by Crippen LogP contribution is 2.37. The fourth-order valence-electron chi connectivity index (χ4n) is 6.39. The van der Waals surface area contributed by atoms with Crippen LogP contribution < -0.4 is 5.32 Å². The van der Waals surface area contributed by atoms with Gasteiger partial charge in [0.15, 0.2) is 0 Å². The van der Waals surface area contributed by atoms with Gasteiger partial charge in [0.2, 0.25) is 0 Å². The van der Waals surface area contributed by atoms with Gasteiger partial charge in [-0.1, -0.05) is 119 Å². The number of imidazole rings is 1. The number of nitrogens with one attached hydrogen (secondary N) is 1. The summed E-state index contributed by atoms with van der Waals surface area (Å²) >= 11 is 12.9. The minimum atomic E-state index is -0.605. The molecule has 0 radical (unpaired) electrons. The van der Waals surface area contributed by atoms with Crippen molar-refractivity contribution in [3.05, 3.63) is 124 Å². The molecule has 0 aliphatic heterocycles. The highest BCUT2D eigenvalue weighted by Gasteiger charge is 2.21. The molecule has 53 heavy (non-hydrogen) atoms. The second-order valence-electron chi connectivity index (χ2n) is 17.6. The summed E-state index contributed by atoms with van der Waals surface area (Å²) in [5, 5.41) is 3.95. The lowest BCUT2D eigenvalue weighted by atomic mass is 9.79. The average molecular weight is 753 g/mol. The molecule has 5 aromatic rings. The van der Waals surface area contributed by atoms with Gasteiger partial charge in [-0.3, -0.25) is 5.32 Å². The van der Waals surface area contributed by atoms with Gasteiger partial charge in [0.05, 0.1) is 10.7 Å². The van der Waals surface area contributed by atoms with Gasteiger partial charge in [0, 0.05) is 34.6 Å². The number of anilines is 1. The summed E-state index contributed by atoms with van der Waals surface area (Å²) in [4.78, 5) is 17.6. The van der Waals surface area contributed by atoms with Crippen LogP contribution in [0, 0.1) is 10.8 Å². The number of ether oxygens (including phenoxy) is 1. The fraction of sp³-hybridized carbons (Fsp3) is 0.391. The van der Waals surface area contributed by atoms with Crippen molar-refractivity contribution in [1.29, 1.82) is 0 Å². The molecule has 0 spiro atoms. The van der Waals surface area contributed by atoms with E-state index in [2.05, 4.69) is 95.4 Å². The Morgan fingerprint density at radius 2 is 1.38 bits per heavy atom. The van der Waals surface area contributed by atoms with Crippen LogP contribution >= 0.6 is 23.2 Å². The third-order valence-electron chi connectivity index (χ3n) is 9.27. The standard InChI is InChI=1S/C46H55Cl2N3O2/c1-44(2,3)25-23-35(24-26-45(4,5)6)34-19-17-33(18-20-34)32-15-13-31(14-16-32)27-42-50-41(39-22-21-36(47)28-40(39)48)30-51(42)38-12-10-11-37(29-38)49-43(52)53-46(7,8)9/h10-22,28-30,35H,23-27H2,1-9H3,(H,49,52). The van der Waals surface area contributed by atoms with Gasteiger partial charge >= 0.3 is 6.09 Å². The first-order chi connectivity index (χ1) is 24.8. The molecule has 5 rings (SSSR count). The zero-order valence-electron chi connectivity index (χ0n) is 32.8. The minimum Gasteiger partial charge on any atom is -0.444 e. The third-order valence-corrected chi connectivity index (χ3v) is 9.82. The molecule has 0 fully saturated rings. The van der Waals surface area contributed by atoms with Crippen molar-refractivity contribution in [3.63, 3.8) is 0 Å². The molecule has 1 aromatic heterocycles. The number of benzene rings is 4. The molecular weight excluding hydrogens is 697 g/mol. The van der Waals surface area contributed by atoms with Crippen molar-refractivity contribution in [2.75, 3.05) is 5.32 Å². The summed E-state index contributed by atoms with van der Waals surface area (Å²) in [6.07, 6.45) is 6.89. The van der Waals surface area contributed by atoms with E-state index in [1.165, 1.54) is 42.4 Å². The largest absolute Gasteiger partial charge is 0.444 e. The van der Waals surface area contributed by atoms with Crippen molar-refractivity contribution >= 4 is 35.0 Å². The minimum absolute atomic E-state index is 0.326. The molecule has 1 amide bonds. The number of carbonyl (C=O) groups excluding carboxylic acids is 1. The van der Waals surface area contributed by atoms with Gasteiger partial charge < -0.3 is 9.30 Å². The molecular formula is C46H55Cl2N3O2. The molecule has 0 bridgehead atoms.